The highest BCUT2D eigenvalue weighted by molar-refractivity contribution is 8.00. The Morgan fingerprint density at radius 2 is 1.70 bits per heavy atom. The van der Waals surface area contributed by atoms with Gasteiger partial charge in [0, 0.05) is 5.25 Å². The van der Waals surface area contributed by atoms with E-state index in [1.54, 1.807) is 0 Å². The maximum Gasteiger partial charge on any atom is 0.0578 e. The third kappa shape index (κ3) is 2.90. The van der Waals surface area contributed by atoms with Crippen LogP contribution in [0.1, 0.15) is 24.4 Å². The van der Waals surface area contributed by atoms with Gasteiger partial charge in [0.05, 0.1) is 6.04 Å². The fourth-order valence-corrected chi connectivity index (χ4v) is 4.19. The predicted molar refractivity (Wildman–Crippen MR) is 87.4 cm³/mol. The van der Waals surface area contributed by atoms with Gasteiger partial charge >= 0.3 is 0 Å². The zero-order chi connectivity index (χ0) is 13.8. The molecule has 0 bridgehead atoms. The standard InChI is InChI=1S/C17H20N2S/c18-19-17(16-7-4-12-20-16)15-10-8-14(9-11-15)13-5-2-1-3-6-13/h1-3,5-6,8-11,16-17,19H,4,7,12,18H2. The molecule has 3 rings (SSSR count). The van der Waals surface area contributed by atoms with Crippen LogP contribution in [0.4, 0.5) is 0 Å². The van der Waals surface area contributed by atoms with E-state index in [1.807, 2.05) is 17.8 Å². The first-order valence-electron chi connectivity index (χ1n) is 7.11. The molecule has 0 amide bonds. The molecule has 2 nitrogen and oxygen atoms in total. The molecule has 2 unspecified atom stereocenters. The predicted octanol–water partition coefficient (Wildman–Crippen LogP) is 3.75. The van der Waals surface area contributed by atoms with Crippen LogP contribution in [0.25, 0.3) is 11.1 Å². The van der Waals surface area contributed by atoms with Crippen molar-refractivity contribution in [3.63, 3.8) is 0 Å². The van der Waals surface area contributed by atoms with E-state index in [-0.39, 0.29) is 6.04 Å². The van der Waals surface area contributed by atoms with Crippen molar-refractivity contribution in [1.29, 1.82) is 0 Å². The summed E-state index contributed by atoms with van der Waals surface area (Å²) < 4.78 is 0. The highest BCUT2D eigenvalue weighted by Crippen LogP contribution is 2.36. The van der Waals surface area contributed by atoms with Crippen molar-refractivity contribution in [1.82, 2.24) is 5.43 Å². The molecule has 2 aromatic rings. The molecule has 0 aliphatic carbocycles. The number of rotatable bonds is 4. The molecular weight excluding hydrogens is 264 g/mol. The Morgan fingerprint density at radius 1 is 1.00 bits per heavy atom. The van der Waals surface area contributed by atoms with Gasteiger partial charge < -0.3 is 0 Å². The summed E-state index contributed by atoms with van der Waals surface area (Å²) in [7, 11) is 0. The number of hydrogen-bond acceptors (Lipinski definition) is 3. The highest BCUT2D eigenvalue weighted by atomic mass is 32.2. The highest BCUT2D eigenvalue weighted by Gasteiger charge is 2.25. The van der Waals surface area contributed by atoms with Crippen LogP contribution >= 0.6 is 11.8 Å². The van der Waals surface area contributed by atoms with Crippen LogP contribution in [0.5, 0.6) is 0 Å². The minimum absolute atomic E-state index is 0.257. The van der Waals surface area contributed by atoms with E-state index in [0.717, 1.165) is 0 Å². The fourth-order valence-electron chi connectivity index (χ4n) is 2.80. The Hall–Kier alpha value is -1.29. The number of benzene rings is 2. The van der Waals surface area contributed by atoms with Crippen LogP contribution in [-0.2, 0) is 0 Å². The maximum absolute atomic E-state index is 5.77. The summed E-state index contributed by atoms with van der Waals surface area (Å²) in [5.41, 5.74) is 6.79. The van der Waals surface area contributed by atoms with Crippen LogP contribution in [0, 0.1) is 0 Å². The summed E-state index contributed by atoms with van der Waals surface area (Å²) in [5.74, 6) is 7.03. The molecule has 3 heteroatoms. The lowest BCUT2D eigenvalue weighted by Gasteiger charge is -2.22. The lowest BCUT2D eigenvalue weighted by molar-refractivity contribution is 0.520. The quantitative estimate of drug-likeness (QED) is 0.663. The average Bonchev–Trinajstić information content (AvgIpc) is 3.04. The van der Waals surface area contributed by atoms with Gasteiger partial charge in [-0.2, -0.15) is 11.8 Å². The van der Waals surface area contributed by atoms with E-state index in [1.165, 1.54) is 35.3 Å². The SMILES string of the molecule is NNC(c1ccc(-c2ccccc2)cc1)C1CCCS1. The first-order chi connectivity index (χ1) is 9.88. The summed E-state index contributed by atoms with van der Waals surface area (Å²) in [5, 5.41) is 0.600. The van der Waals surface area contributed by atoms with Crippen LogP contribution in [-0.4, -0.2) is 11.0 Å². The molecule has 0 spiro atoms. The van der Waals surface area contributed by atoms with Crippen molar-refractivity contribution in [3.05, 3.63) is 60.2 Å². The van der Waals surface area contributed by atoms with Gasteiger partial charge in [-0.15, -0.1) is 0 Å². The van der Waals surface area contributed by atoms with Crippen LogP contribution in [0.2, 0.25) is 0 Å². The largest absolute Gasteiger partial charge is 0.271 e. The number of nitrogens with two attached hydrogens (primary N) is 1. The molecule has 1 heterocycles. The number of nitrogens with one attached hydrogen (secondary N) is 1. The molecule has 0 saturated carbocycles. The Morgan fingerprint density at radius 3 is 2.30 bits per heavy atom. The molecule has 1 saturated heterocycles. The van der Waals surface area contributed by atoms with Gasteiger partial charge in [0.25, 0.3) is 0 Å². The molecule has 2 aromatic carbocycles. The summed E-state index contributed by atoms with van der Waals surface area (Å²) in [4.78, 5) is 0. The lowest BCUT2D eigenvalue weighted by atomic mass is 9.98. The first-order valence-corrected chi connectivity index (χ1v) is 8.16. The van der Waals surface area contributed by atoms with E-state index in [2.05, 4.69) is 54.0 Å². The average molecular weight is 284 g/mol. The van der Waals surface area contributed by atoms with Gasteiger partial charge in [0.15, 0.2) is 0 Å². The second-order valence-electron chi connectivity index (χ2n) is 5.18. The second-order valence-corrected chi connectivity index (χ2v) is 6.53. The minimum Gasteiger partial charge on any atom is -0.271 e. The Balaban J connectivity index is 1.81. The molecule has 104 valence electrons. The second kappa shape index (κ2) is 6.44. The monoisotopic (exact) mass is 284 g/mol. The normalized spacial score (nSPS) is 19.9. The minimum atomic E-state index is 0.257. The zero-order valence-electron chi connectivity index (χ0n) is 11.5. The third-order valence-corrected chi connectivity index (χ3v) is 5.35. The van der Waals surface area contributed by atoms with E-state index in [0.29, 0.717) is 5.25 Å². The molecule has 1 aliphatic heterocycles. The molecule has 20 heavy (non-hydrogen) atoms. The Kier molecular flexibility index (Phi) is 4.41. The van der Waals surface area contributed by atoms with E-state index < -0.39 is 0 Å². The molecule has 2 atom stereocenters. The summed E-state index contributed by atoms with van der Waals surface area (Å²) >= 11 is 2.03. The van der Waals surface area contributed by atoms with E-state index in [9.17, 15) is 0 Å². The van der Waals surface area contributed by atoms with Crippen molar-refractivity contribution >= 4 is 11.8 Å². The molecule has 1 fully saturated rings. The molecular formula is C17H20N2S. The molecule has 3 N–H and O–H groups in total. The molecule has 0 radical (unpaired) electrons. The van der Waals surface area contributed by atoms with E-state index >= 15 is 0 Å². The van der Waals surface area contributed by atoms with Gasteiger partial charge in [0.2, 0.25) is 0 Å². The van der Waals surface area contributed by atoms with Gasteiger partial charge in [-0.3, -0.25) is 11.3 Å². The Labute approximate surface area is 124 Å². The van der Waals surface area contributed by atoms with Crippen molar-refractivity contribution in [2.24, 2.45) is 5.84 Å². The lowest BCUT2D eigenvalue weighted by Crippen LogP contribution is -2.34. The summed E-state index contributed by atoms with van der Waals surface area (Å²) in [6.45, 7) is 0. The smallest absolute Gasteiger partial charge is 0.0578 e. The van der Waals surface area contributed by atoms with Crippen molar-refractivity contribution in [3.8, 4) is 11.1 Å². The number of hydrogen-bond donors (Lipinski definition) is 2. The van der Waals surface area contributed by atoms with Crippen molar-refractivity contribution in [2.45, 2.75) is 24.1 Å². The van der Waals surface area contributed by atoms with Gasteiger partial charge in [-0.25, -0.2) is 0 Å². The molecule has 0 aromatic heterocycles. The maximum atomic E-state index is 5.77. The van der Waals surface area contributed by atoms with Gasteiger partial charge in [0.1, 0.15) is 0 Å². The van der Waals surface area contributed by atoms with Crippen LogP contribution in [0.15, 0.2) is 54.6 Å². The third-order valence-electron chi connectivity index (χ3n) is 3.89. The van der Waals surface area contributed by atoms with Gasteiger partial charge in [-0.1, -0.05) is 54.6 Å². The van der Waals surface area contributed by atoms with Crippen molar-refractivity contribution in [2.75, 3.05) is 5.75 Å². The fraction of sp³-hybridized carbons (Fsp3) is 0.294. The summed E-state index contributed by atoms with van der Waals surface area (Å²) in [6.07, 6.45) is 2.55. The molecule has 1 aliphatic rings. The van der Waals surface area contributed by atoms with Crippen molar-refractivity contribution < 1.29 is 0 Å². The van der Waals surface area contributed by atoms with E-state index in [4.69, 9.17) is 5.84 Å². The van der Waals surface area contributed by atoms with Gasteiger partial charge in [-0.05, 0) is 35.3 Å². The summed E-state index contributed by atoms with van der Waals surface area (Å²) in [6, 6.07) is 19.5. The first kappa shape index (κ1) is 13.7. The number of hydrazine groups is 1. The number of thioether (sulfide) groups is 1. The topological polar surface area (TPSA) is 38.0 Å². The zero-order valence-corrected chi connectivity index (χ0v) is 12.3. The Bertz CT molecular complexity index is 533. The van der Waals surface area contributed by atoms with Crippen LogP contribution < -0.4 is 11.3 Å². The van der Waals surface area contributed by atoms with Crippen LogP contribution in [0.3, 0.4) is 0 Å².